The Morgan fingerprint density at radius 1 is 1.08 bits per heavy atom. The van der Waals surface area contributed by atoms with E-state index < -0.39 is 6.09 Å². The molecule has 0 aliphatic carbocycles. The molecule has 2 N–H and O–H groups in total. The molecular formula is C26H28N4O5S. The van der Waals surface area contributed by atoms with Crippen molar-refractivity contribution in [2.45, 2.75) is 18.8 Å². The number of rotatable bonds is 7. The zero-order valence-corrected chi connectivity index (χ0v) is 21.0. The lowest BCUT2D eigenvalue weighted by molar-refractivity contribution is -0.131. The van der Waals surface area contributed by atoms with Crippen LogP contribution in [0, 0.1) is 0 Å². The summed E-state index contributed by atoms with van der Waals surface area (Å²) in [7, 11) is 2.84. The molecule has 1 fully saturated rings. The van der Waals surface area contributed by atoms with Crippen LogP contribution < -0.4 is 15.4 Å². The van der Waals surface area contributed by atoms with Gasteiger partial charge in [-0.2, -0.15) is 0 Å². The summed E-state index contributed by atoms with van der Waals surface area (Å²) in [6, 6.07) is 15.4. The first kappa shape index (κ1) is 25.2. The number of carbonyl (C=O) groups excluding carboxylic acids is 3. The lowest BCUT2D eigenvalue weighted by Crippen LogP contribution is -2.43. The molecule has 4 rings (SSSR count). The van der Waals surface area contributed by atoms with Gasteiger partial charge in [-0.1, -0.05) is 30.3 Å². The number of amides is 3. The Bertz CT molecular complexity index is 1220. The predicted octanol–water partition coefficient (Wildman–Crippen LogP) is 4.13. The Hall–Kier alpha value is -3.92. The summed E-state index contributed by atoms with van der Waals surface area (Å²) < 4.78 is 9.85. The summed E-state index contributed by atoms with van der Waals surface area (Å²) in [5.74, 6) is 0.382. The molecule has 1 aromatic heterocycles. The number of nitrogens with zero attached hydrogens (tertiary/aromatic N) is 2. The summed E-state index contributed by atoms with van der Waals surface area (Å²) in [6.45, 7) is 1.05. The molecule has 36 heavy (non-hydrogen) atoms. The van der Waals surface area contributed by atoms with Gasteiger partial charge in [0.05, 0.1) is 24.9 Å². The fourth-order valence-corrected chi connectivity index (χ4v) is 5.07. The molecule has 0 spiro atoms. The number of alkyl carbamates (subject to hydrolysis) is 1. The zero-order valence-electron chi connectivity index (χ0n) is 20.2. The van der Waals surface area contributed by atoms with E-state index in [1.165, 1.54) is 18.4 Å². The van der Waals surface area contributed by atoms with Crippen LogP contribution in [0.3, 0.4) is 0 Å². The maximum absolute atomic E-state index is 13.1. The second kappa shape index (κ2) is 11.7. The monoisotopic (exact) mass is 508 g/mol. The molecule has 2 heterocycles. The summed E-state index contributed by atoms with van der Waals surface area (Å²) in [4.78, 5) is 42.9. The molecule has 0 unspecified atom stereocenters. The van der Waals surface area contributed by atoms with E-state index in [-0.39, 0.29) is 24.3 Å². The highest BCUT2D eigenvalue weighted by atomic mass is 32.1. The van der Waals surface area contributed by atoms with Crippen molar-refractivity contribution in [3.8, 4) is 16.9 Å². The summed E-state index contributed by atoms with van der Waals surface area (Å²) >= 11 is 1.46. The standard InChI is InChI=1S/C26H28N4O5S/c1-34-19-8-9-20(17-6-4-3-5-7-17)21(14-19)28-24(32)22-16-36-25(29-22)18-10-12-30(13-11-18)23(31)15-27-26(33)35-2/h3-9,14,16,18H,10-13,15H2,1-2H3,(H,27,33)(H,28,32). The van der Waals surface area contributed by atoms with Gasteiger partial charge < -0.3 is 25.0 Å². The van der Waals surface area contributed by atoms with Gasteiger partial charge in [-0.25, -0.2) is 9.78 Å². The Balaban J connectivity index is 1.39. The van der Waals surface area contributed by atoms with E-state index in [1.54, 1.807) is 23.5 Å². The van der Waals surface area contributed by atoms with Crippen LogP contribution in [0.15, 0.2) is 53.9 Å². The maximum atomic E-state index is 13.1. The van der Waals surface area contributed by atoms with Crippen molar-refractivity contribution in [3.63, 3.8) is 0 Å². The third-order valence-corrected chi connectivity index (χ3v) is 7.09. The number of aromatic nitrogens is 1. The largest absolute Gasteiger partial charge is 0.497 e. The molecule has 1 aliphatic rings. The molecule has 3 amide bonds. The van der Waals surface area contributed by atoms with E-state index in [4.69, 9.17) is 4.74 Å². The number of benzene rings is 2. The molecule has 2 aromatic carbocycles. The molecular weight excluding hydrogens is 480 g/mol. The van der Waals surface area contributed by atoms with Crippen molar-refractivity contribution in [2.75, 3.05) is 39.2 Å². The number of carbonyl (C=O) groups is 3. The van der Waals surface area contributed by atoms with E-state index in [0.29, 0.717) is 30.2 Å². The Morgan fingerprint density at radius 2 is 1.83 bits per heavy atom. The van der Waals surface area contributed by atoms with E-state index >= 15 is 0 Å². The van der Waals surface area contributed by atoms with Crippen molar-refractivity contribution < 1.29 is 23.9 Å². The number of nitrogens with one attached hydrogen (secondary N) is 2. The van der Waals surface area contributed by atoms with Gasteiger partial charge in [0.2, 0.25) is 5.91 Å². The SMILES string of the molecule is COC(=O)NCC(=O)N1CCC(c2nc(C(=O)Nc3cc(OC)ccc3-c3ccccc3)cs2)CC1. The molecule has 9 nitrogen and oxygen atoms in total. The van der Waals surface area contributed by atoms with Gasteiger partial charge in [0.15, 0.2) is 0 Å². The first-order valence-corrected chi connectivity index (χ1v) is 12.5. The summed E-state index contributed by atoms with van der Waals surface area (Å²) in [6.07, 6.45) is 0.857. The number of hydrogen-bond donors (Lipinski definition) is 2. The van der Waals surface area contributed by atoms with Crippen LogP contribution in [-0.2, 0) is 9.53 Å². The van der Waals surface area contributed by atoms with E-state index in [2.05, 4.69) is 20.4 Å². The topological polar surface area (TPSA) is 110 Å². The van der Waals surface area contributed by atoms with Crippen molar-refractivity contribution >= 4 is 34.9 Å². The number of anilines is 1. The lowest BCUT2D eigenvalue weighted by atomic mass is 9.97. The highest BCUT2D eigenvalue weighted by molar-refractivity contribution is 7.10. The lowest BCUT2D eigenvalue weighted by Gasteiger charge is -2.31. The number of thiazole rings is 1. The van der Waals surface area contributed by atoms with Gasteiger partial charge in [0, 0.05) is 36.0 Å². The highest BCUT2D eigenvalue weighted by Crippen LogP contribution is 2.33. The number of piperidine rings is 1. The van der Waals surface area contributed by atoms with Crippen molar-refractivity contribution in [1.29, 1.82) is 0 Å². The maximum Gasteiger partial charge on any atom is 0.407 e. The van der Waals surface area contributed by atoms with E-state index in [1.807, 2.05) is 42.5 Å². The molecule has 10 heteroatoms. The van der Waals surface area contributed by atoms with Gasteiger partial charge >= 0.3 is 6.09 Å². The Kier molecular flexibility index (Phi) is 8.17. The second-order valence-electron chi connectivity index (χ2n) is 8.30. The average Bonchev–Trinajstić information content (AvgIpc) is 3.42. The van der Waals surface area contributed by atoms with Crippen molar-refractivity contribution in [2.24, 2.45) is 0 Å². The molecule has 1 saturated heterocycles. The van der Waals surface area contributed by atoms with Crippen molar-refractivity contribution in [1.82, 2.24) is 15.2 Å². The second-order valence-corrected chi connectivity index (χ2v) is 9.19. The van der Waals surface area contributed by atoms with Crippen LogP contribution in [0.2, 0.25) is 0 Å². The molecule has 3 aromatic rings. The van der Waals surface area contributed by atoms with Crippen LogP contribution in [0.25, 0.3) is 11.1 Å². The van der Waals surface area contributed by atoms with Crippen LogP contribution in [0.4, 0.5) is 10.5 Å². The van der Waals surface area contributed by atoms with Crippen LogP contribution in [-0.4, -0.2) is 61.6 Å². The molecule has 0 atom stereocenters. The third-order valence-electron chi connectivity index (χ3n) is 6.08. The molecule has 0 saturated carbocycles. The van der Waals surface area contributed by atoms with Gasteiger partial charge in [-0.05, 0) is 30.5 Å². The minimum absolute atomic E-state index is 0.0891. The van der Waals surface area contributed by atoms with Gasteiger partial charge in [-0.3, -0.25) is 9.59 Å². The summed E-state index contributed by atoms with van der Waals surface area (Å²) in [5, 5.41) is 8.06. The van der Waals surface area contributed by atoms with Crippen LogP contribution in [0.5, 0.6) is 5.75 Å². The molecule has 1 aliphatic heterocycles. The van der Waals surface area contributed by atoms with Crippen LogP contribution >= 0.6 is 11.3 Å². The fraction of sp³-hybridized carbons (Fsp3) is 0.308. The third kappa shape index (κ3) is 6.01. The molecule has 0 bridgehead atoms. The Labute approximate surface area is 213 Å². The van der Waals surface area contributed by atoms with Gasteiger partial charge in [-0.15, -0.1) is 11.3 Å². The van der Waals surface area contributed by atoms with Gasteiger partial charge in [0.1, 0.15) is 18.0 Å². The Morgan fingerprint density at radius 3 is 2.53 bits per heavy atom. The first-order chi connectivity index (χ1) is 17.5. The van der Waals surface area contributed by atoms with Crippen LogP contribution in [0.1, 0.15) is 34.3 Å². The predicted molar refractivity (Wildman–Crippen MR) is 137 cm³/mol. The number of ether oxygens (including phenoxy) is 2. The quantitative estimate of drug-likeness (QED) is 0.497. The molecule has 188 valence electrons. The summed E-state index contributed by atoms with van der Waals surface area (Å²) in [5.41, 5.74) is 2.88. The van der Waals surface area contributed by atoms with Crippen molar-refractivity contribution in [3.05, 3.63) is 64.6 Å². The first-order valence-electron chi connectivity index (χ1n) is 11.6. The minimum Gasteiger partial charge on any atom is -0.497 e. The van der Waals surface area contributed by atoms with E-state index in [9.17, 15) is 14.4 Å². The smallest absolute Gasteiger partial charge is 0.407 e. The normalized spacial score (nSPS) is 13.7. The average molecular weight is 509 g/mol. The number of methoxy groups -OCH3 is 2. The zero-order chi connectivity index (χ0) is 25.5. The number of likely N-dealkylation sites (tertiary alicyclic amines) is 1. The fourth-order valence-electron chi connectivity index (χ4n) is 4.10. The molecule has 0 radical (unpaired) electrons. The van der Waals surface area contributed by atoms with Gasteiger partial charge in [0.25, 0.3) is 5.91 Å². The van der Waals surface area contributed by atoms with E-state index in [0.717, 1.165) is 29.0 Å². The minimum atomic E-state index is -0.628. The number of hydrogen-bond acceptors (Lipinski definition) is 7. The highest BCUT2D eigenvalue weighted by Gasteiger charge is 2.26.